The van der Waals surface area contributed by atoms with E-state index in [2.05, 4.69) is 5.10 Å². The molecule has 0 saturated carbocycles. The highest BCUT2D eigenvalue weighted by Gasteiger charge is 2.23. The van der Waals surface area contributed by atoms with Crippen LogP contribution in [0.25, 0.3) is 0 Å². The Morgan fingerprint density at radius 2 is 2.11 bits per heavy atom. The van der Waals surface area contributed by atoms with Crippen molar-refractivity contribution in [3.8, 4) is 0 Å². The van der Waals surface area contributed by atoms with E-state index in [9.17, 15) is 8.42 Å². The molecule has 0 aliphatic carbocycles. The Morgan fingerprint density at radius 3 is 2.68 bits per heavy atom. The number of aromatic nitrogens is 2. The molecule has 2 rings (SSSR count). The maximum absolute atomic E-state index is 12.3. The van der Waals surface area contributed by atoms with E-state index in [-0.39, 0.29) is 11.6 Å². The molecule has 102 valence electrons. The number of hydrogen-bond acceptors (Lipinski definition) is 4. The van der Waals surface area contributed by atoms with Crippen LogP contribution in [0.2, 0.25) is 0 Å². The number of aryl methyl sites for hydroxylation is 1. The Balaban J connectivity index is 2.25. The number of benzene rings is 1. The SMILES string of the molecule is CN(Cc1cccc(N)c1)S(=O)(=O)c1ccnn1C. The van der Waals surface area contributed by atoms with E-state index >= 15 is 0 Å². The molecule has 1 aromatic heterocycles. The predicted molar refractivity (Wildman–Crippen MR) is 72.7 cm³/mol. The van der Waals surface area contributed by atoms with Gasteiger partial charge in [0.15, 0.2) is 5.03 Å². The number of nitrogens with zero attached hydrogens (tertiary/aromatic N) is 3. The van der Waals surface area contributed by atoms with Crippen molar-refractivity contribution in [3.05, 3.63) is 42.1 Å². The Bertz CT molecular complexity index is 679. The molecule has 0 aliphatic heterocycles. The van der Waals surface area contributed by atoms with Gasteiger partial charge in [-0.25, -0.2) is 8.42 Å². The van der Waals surface area contributed by atoms with Gasteiger partial charge in [0.1, 0.15) is 0 Å². The summed E-state index contributed by atoms with van der Waals surface area (Å²) >= 11 is 0. The first-order chi connectivity index (χ1) is 8.91. The summed E-state index contributed by atoms with van der Waals surface area (Å²) in [4.78, 5) is 0. The maximum Gasteiger partial charge on any atom is 0.260 e. The molecule has 0 amide bonds. The molecular formula is C12H16N4O2S. The van der Waals surface area contributed by atoms with Gasteiger partial charge in [0.25, 0.3) is 10.0 Å². The van der Waals surface area contributed by atoms with Crippen LogP contribution in [0.5, 0.6) is 0 Å². The van der Waals surface area contributed by atoms with Crippen molar-refractivity contribution in [1.29, 1.82) is 0 Å². The van der Waals surface area contributed by atoms with Crippen LogP contribution in [0.4, 0.5) is 5.69 Å². The van der Waals surface area contributed by atoms with Gasteiger partial charge in [-0.15, -0.1) is 0 Å². The normalized spacial score (nSPS) is 11.9. The number of anilines is 1. The number of sulfonamides is 1. The highest BCUT2D eigenvalue weighted by atomic mass is 32.2. The van der Waals surface area contributed by atoms with Gasteiger partial charge in [0.05, 0.1) is 6.20 Å². The highest BCUT2D eigenvalue weighted by Crippen LogP contribution is 2.16. The minimum absolute atomic E-state index is 0.166. The van der Waals surface area contributed by atoms with Crippen molar-refractivity contribution in [2.75, 3.05) is 12.8 Å². The van der Waals surface area contributed by atoms with Crippen molar-refractivity contribution in [3.63, 3.8) is 0 Å². The average Bonchev–Trinajstić information content (AvgIpc) is 2.76. The van der Waals surface area contributed by atoms with Crippen molar-refractivity contribution >= 4 is 15.7 Å². The number of hydrogen-bond donors (Lipinski definition) is 1. The summed E-state index contributed by atoms with van der Waals surface area (Å²) < 4.78 is 27.3. The molecule has 6 nitrogen and oxygen atoms in total. The van der Waals surface area contributed by atoms with E-state index in [1.54, 1.807) is 25.2 Å². The van der Waals surface area contributed by atoms with Crippen LogP contribution < -0.4 is 5.73 Å². The average molecular weight is 280 g/mol. The molecule has 2 N–H and O–H groups in total. The molecular weight excluding hydrogens is 264 g/mol. The Morgan fingerprint density at radius 1 is 1.37 bits per heavy atom. The van der Waals surface area contributed by atoms with Crippen LogP contribution in [-0.4, -0.2) is 29.6 Å². The van der Waals surface area contributed by atoms with E-state index in [4.69, 9.17) is 5.73 Å². The lowest BCUT2D eigenvalue weighted by atomic mass is 10.2. The first kappa shape index (κ1) is 13.6. The highest BCUT2D eigenvalue weighted by molar-refractivity contribution is 7.89. The second-order valence-corrected chi connectivity index (χ2v) is 6.29. The lowest BCUT2D eigenvalue weighted by Crippen LogP contribution is -2.28. The summed E-state index contributed by atoms with van der Waals surface area (Å²) in [6.45, 7) is 0.262. The maximum atomic E-state index is 12.3. The molecule has 0 unspecified atom stereocenters. The predicted octanol–water partition coefficient (Wildman–Crippen LogP) is 0.823. The molecule has 19 heavy (non-hydrogen) atoms. The summed E-state index contributed by atoms with van der Waals surface area (Å²) in [5.74, 6) is 0. The van der Waals surface area contributed by atoms with Crippen molar-refractivity contribution < 1.29 is 8.42 Å². The molecule has 0 radical (unpaired) electrons. The lowest BCUT2D eigenvalue weighted by molar-refractivity contribution is 0.457. The zero-order chi connectivity index (χ0) is 14.0. The van der Waals surface area contributed by atoms with Gasteiger partial charge in [-0.2, -0.15) is 9.40 Å². The van der Waals surface area contributed by atoms with Crippen LogP contribution in [0.15, 0.2) is 41.6 Å². The number of rotatable bonds is 4. The van der Waals surface area contributed by atoms with Crippen molar-refractivity contribution in [2.45, 2.75) is 11.6 Å². The monoisotopic (exact) mass is 280 g/mol. The van der Waals surface area contributed by atoms with E-state index in [1.165, 1.54) is 28.3 Å². The van der Waals surface area contributed by atoms with Crippen LogP contribution in [0.3, 0.4) is 0 Å². The summed E-state index contributed by atoms with van der Waals surface area (Å²) in [6.07, 6.45) is 1.46. The first-order valence-corrected chi connectivity index (χ1v) is 7.14. The van der Waals surface area contributed by atoms with Crippen LogP contribution >= 0.6 is 0 Å². The number of nitrogens with two attached hydrogens (primary N) is 1. The van der Waals surface area contributed by atoms with E-state index in [0.29, 0.717) is 5.69 Å². The van der Waals surface area contributed by atoms with Crippen LogP contribution in [0.1, 0.15) is 5.56 Å². The quantitative estimate of drug-likeness (QED) is 0.841. The third kappa shape index (κ3) is 2.77. The fourth-order valence-electron chi connectivity index (χ4n) is 1.81. The Labute approximate surface area is 112 Å². The summed E-state index contributed by atoms with van der Waals surface area (Å²) in [5.41, 5.74) is 7.14. The first-order valence-electron chi connectivity index (χ1n) is 5.70. The largest absolute Gasteiger partial charge is 0.399 e. The Hall–Kier alpha value is -1.86. The third-order valence-corrected chi connectivity index (χ3v) is 4.69. The van der Waals surface area contributed by atoms with E-state index in [1.807, 2.05) is 6.07 Å². The van der Waals surface area contributed by atoms with Gasteiger partial charge in [-0.3, -0.25) is 4.68 Å². The topological polar surface area (TPSA) is 81.2 Å². The minimum Gasteiger partial charge on any atom is -0.399 e. The fraction of sp³-hybridized carbons (Fsp3) is 0.250. The van der Waals surface area contributed by atoms with Crippen molar-refractivity contribution in [1.82, 2.24) is 14.1 Å². The molecule has 2 aromatic rings. The molecule has 1 aromatic carbocycles. The fourth-order valence-corrected chi connectivity index (χ4v) is 3.06. The van der Waals surface area contributed by atoms with Gasteiger partial charge in [-0.05, 0) is 23.8 Å². The molecule has 0 aliphatic rings. The van der Waals surface area contributed by atoms with Crippen molar-refractivity contribution in [2.24, 2.45) is 7.05 Å². The summed E-state index contributed by atoms with van der Waals surface area (Å²) in [6, 6.07) is 8.64. The molecule has 0 atom stereocenters. The van der Waals surface area contributed by atoms with E-state index < -0.39 is 10.0 Å². The van der Waals surface area contributed by atoms with Gasteiger partial charge in [-0.1, -0.05) is 12.1 Å². The third-order valence-electron chi connectivity index (χ3n) is 2.81. The molecule has 7 heteroatoms. The minimum atomic E-state index is -3.54. The second-order valence-electron chi connectivity index (χ2n) is 4.30. The van der Waals surface area contributed by atoms with Gasteiger partial charge in [0, 0.05) is 26.3 Å². The van der Waals surface area contributed by atoms with Gasteiger partial charge in [0.2, 0.25) is 0 Å². The summed E-state index contributed by atoms with van der Waals surface area (Å²) in [7, 11) is -0.413. The van der Waals surface area contributed by atoms with Gasteiger partial charge < -0.3 is 5.73 Å². The lowest BCUT2D eigenvalue weighted by Gasteiger charge is -2.17. The Kier molecular flexibility index (Phi) is 3.59. The molecule has 0 saturated heterocycles. The van der Waals surface area contributed by atoms with Gasteiger partial charge >= 0.3 is 0 Å². The standard InChI is InChI=1S/C12H16N4O2S/c1-15(9-10-4-3-5-11(13)8-10)19(17,18)12-6-7-14-16(12)2/h3-8H,9,13H2,1-2H3. The molecule has 0 bridgehead atoms. The second kappa shape index (κ2) is 5.02. The molecule has 0 fully saturated rings. The zero-order valence-corrected chi connectivity index (χ0v) is 11.6. The number of nitrogen functional groups attached to an aromatic ring is 1. The smallest absolute Gasteiger partial charge is 0.260 e. The van der Waals surface area contributed by atoms with Crippen LogP contribution in [-0.2, 0) is 23.6 Å². The molecule has 0 spiro atoms. The van der Waals surface area contributed by atoms with E-state index in [0.717, 1.165) is 5.56 Å². The zero-order valence-electron chi connectivity index (χ0n) is 10.8. The van der Waals surface area contributed by atoms with Crippen LogP contribution in [0, 0.1) is 0 Å². The molecule has 1 heterocycles. The summed E-state index contributed by atoms with van der Waals surface area (Å²) in [5, 5.41) is 4.04.